The fourth-order valence-corrected chi connectivity index (χ4v) is 2.90. The number of hydrogen-bond acceptors (Lipinski definition) is 1. The number of hydrogen-bond donors (Lipinski definition) is 1. The summed E-state index contributed by atoms with van der Waals surface area (Å²) in [6.07, 6.45) is 8.19. The fraction of sp³-hybridized carbons (Fsp3) is 1.00. The van der Waals surface area contributed by atoms with Crippen molar-refractivity contribution in [3.63, 3.8) is 0 Å². The van der Waals surface area contributed by atoms with Crippen LogP contribution in [0.2, 0.25) is 0 Å². The van der Waals surface area contributed by atoms with Crippen LogP contribution in [0.15, 0.2) is 0 Å². The van der Waals surface area contributed by atoms with Gasteiger partial charge in [-0.15, -0.1) is 0 Å². The van der Waals surface area contributed by atoms with Crippen molar-refractivity contribution in [3.05, 3.63) is 0 Å². The molecular weight excluding hydrogens is 124 g/mol. The molecule has 0 radical (unpaired) electrons. The summed E-state index contributed by atoms with van der Waals surface area (Å²) in [7, 11) is 0. The molecule has 0 aromatic carbocycles. The molecule has 58 valence electrons. The predicted octanol–water partition coefficient (Wildman–Crippen LogP) is 1.95. The fourth-order valence-electron chi connectivity index (χ4n) is 2.90. The van der Waals surface area contributed by atoms with E-state index in [2.05, 4.69) is 0 Å². The maximum absolute atomic E-state index is 8.84. The van der Waals surface area contributed by atoms with Gasteiger partial charge in [-0.05, 0) is 49.9 Å². The molecule has 2 fully saturated rings. The van der Waals surface area contributed by atoms with Gasteiger partial charge in [-0.3, -0.25) is 0 Å². The summed E-state index contributed by atoms with van der Waals surface area (Å²) in [6.45, 7) is 0.409. The first kappa shape index (κ1) is 6.66. The summed E-state index contributed by atoms with van der Waals surface area (Å²) < 4.78 is 0. The zero-order valence-corrected chi connectivity index (χ0v) is 6.47. The highest BCUT2D eigenvalue weighted by Gasteiger charge is 2.43. The third-order valence-electron chi connectivity index (χ3n) is 3.53. The second-order valence-corrected chi connectivity index (χ2v) is 4.12. The minimum atomic E-state index is 0.409. The Morgan fingerprint density at radius 1 is 1.30 bits per heavy atom. The summed E-state index contributed by atoms with van der Waals surface area (Å²) in [5.74, 6) is 1.03. The van der Waals surface area contributed by atoms with Crippen molar-refractivity contribution in [2.45, 2.75) is 38.5 Å². The van der Waals surface area contributed by atoms with Gasteiger partial charge in [-0.1, -0.05) is 0 Å². The molecule has 1 nitrogen and oxygen atoms in total. The highest BCUT2D eigenvalue weighted by molar-refractivity contribution is 4.95. The van der Waals surface area contributed by atoms with Gasteiger partial charge >= 0.3 is 0 Å². The molecule has 0 saturated heterocycles. The van der Waals surface area contributed by atoms with E-state index >= 15 is 0 Å². The molecule has 0 aromatic heterocycles. The molecule has 0 amide bonds. The van der Waals surface area contributed by atoms with E-state index in [1.54, 1.807) is 0 Å². The van der Waals surface area contributed by atoms with E-state index in [0.717, 1.165) is 12.3 Å². The van der Waals surface area contributed by atoms with Crippen LogP contribution in [0.3, 0.4) is 0 Å². The van der Waals surface area contributed by atoms with Gasteiger partial charge in [0.25, 0.3) is 0 Å². The molecule has 10 heavy (non-hydrogen) atoms. The molecule has 0 unspecified atom stereocenters. The largest absolute Gasteiger partial charge is 0.396 e. The van der Waals surface area contributed by atoms with Crippen LogP contribution in [0.5, 0.6) is 0 Å². The maximum atomic E-state index is 8.84. The molecule has 0 aliphatic heterocycles. The Bertz CT molecular complexity index is 123. The molecule has 1 heteroatoms. The molecule has 0 atom stereocenters. The number of rotatable bonds is 2. The number of aliphatic hydroxyl groups is 1. The Balaban J connectivity index is 2.01. The zero-order valence-electron chi connectivity index (χ0n) is 6.47. The van der Waals surface area contributed by atoms with E-state index in [0.29, 0.717) is 12.0 Å². The summed E-state index contributed by atoms with van der Waals surface area (Å²) in [4.78, 5) is 0. The van der Waals surface area contributed by atoms with Gasteiger partial charge in [-0.25, -0.2) is 0 Å². The van der Waals surface area contributed by atoms with Crippen molar-refractivity contribution in [2.75, 3.05) is 6.61 Å². The second-order valence-electron chi connectivity index (χ2n) is 4.12. The summed E-state index contributed by atoms with van der Waals surface area (Å²) in [5.41, 5.74) is 0.611. The molecule has 0 spiro atoms. The second kappa shape index (κ2) is 2.23. The Morgan fingerprint density at radius 2 is 2.00 bits per heavy atom. The van der Waals surface area contributed by atoms with Gasteiger partial charge in [0, 0.05) is 6.61 Å². The van der Waals surface area contributed by atoms with Crippen molar-refractivity contribution in [1.82, 2.24) is 0 Å². The first-order valence-corrected chi connectivity index (χ1v) is 4.46. The van der Waals surface area contributed by atoms with Crippen molar-refractivity contribution in [3.8, 4) is 0 Å². The molecule has 2 aliphatic carbocycles. The predicted molar refractivity (Wildman–Crippen MR) is 40.7 cm³/mol. The lowest BCUT2D eigenvalue weighted by atomic mass is 9.82. The molecule has 0 heterocycles. The van der Waals surface area contributed by atoms with Crippen LogP contribution in [-0.4, -0.2) is 11.7 Å². The minimum Gasteiger partial charge on any atom is -0.396 e. The standard InChI is InChI=1S/C9H16O/c10-6-5-9-3-1-8(7-9)2-4-9/h8,10H,1-7H2. The Morgan fingerprint density at radius 3 is 2.40 bits per heavy atom. The first-order valence-electron chi connectivity index (χ1n) is 4.46. The lowest BCUT2D eigenvalue weighted by Crippen LogP contribution is -2.15. The Kier molecular flexibility index (Phi) is 1.48. The third kappa shape index (κ3) is 0.878. The van der Waals surface area contributed by atoms with Crippen LogP contribution < -0.4 is 0 Å². The van der Waals surface area contributed by atoms with Gasteiger partial charge in [0.05, 0.1) is 0 Å². The van der Waals surface area contributed by atoms with Crippen molar-refractivity contribution < 1.29 is 5.11 Å². The van der Waals surface area contributed by atoms with Crippen LogP contribution >= 0.6 is 0 Å². The van der Waals surface area contributed by atoms with Crippen LogP contribution in [0.25, 0.3) is 0 Å². The molecule has 0 aromatic rings. The number of fused-ring (bicyclic) bond motifs is 2. The first-order chi connectivity index (χ1) is 4.85. The monoisotopic (exact) mass is 140 g/mol. The average molecular weight is 140 g/mol. The van der Waals surface area contributed by atoms with E-state index in [9.17, 15) is 0 Å². The topological polar surface area (TPSA) is 20.2 Å². The Labute approximate surface area is 62.4 Å². The quantitative estimate of drug-likeness (QED) is 0.621. The molecule has 2 saturated carbocycles. The van der Waals surface area contributed by atoms with E-state index in [4.69, 9.17) is 5.11 Å². The van der Waals surface area contributed by atoms with E-state index in [1.165, 1.54) is 32.1 Å². The highest BCUT2D eigenvalue weighted by atomic mass is 16.3. The van der Waals surface area contributed by atoms with Crippen LogP contribution in [0.4, 0.5) is 0 Å². The normalized spacial score (nSPS) is 44.7. The van der Waals surface area contributed by atoms with Gasteiger partial charge in [0.15, 0.2) is 0 Å². The van der Waals surface area contributed by atoms with Crippen LogP contribution in [-0.2, 0) is 0 Å². The molecular formula is C9H16O. The SMILES string of the molecule is OCCC12CCC(CC1)C2. The molecule has 1 N–H and O–H groups in total. The summed E-state index contributed by atoms with van der Waals surface area (Å²) >= 11 is 0. The molecule has 2 aliphatic rings. The molecule has 2 rings (SSSR count). The molecule has 2 bridgehead atoms. The minimum absolute atomic E-state index is 0.409. The number of aliphatic hydroxyl groups excluding tert-OH is 1. The average Bonchev–Trinajstić information content (AvgIpc) is 2.46. The zero-order chi connectivity index (χ0) is 7.03. The van der Waals surface area contributed by atoms with E-state index < -0.39 is 0 Å². The lowest BCUT2D eigenvalue weighted by molar-refractivity contribution is 0.186. The lowest BCUT2D eigenvalue weighted by Gasteiger charge is -2.24. The Hall–Kier alpha value is -0.0400. The highest BCUT2D eigenvalue weighted by Crippen LogP contribution is 2.55. The third-order valence-corrected chi connectivity index (χ3v) is 3.53. The van der Waals surface area contributed by atoms with Gasteiger partial charge < -0.3 is 5.11 Å². The summed E-state index contributed by atoms with van der Waals surface area (Å²) in [6, 6.07) is 0. The maximum Gasteiger partial charge on any atom is 0.0436 e. The van der Waals surface area contributed by atoms with Crippen molar-refractivity contribution in [2.24, 2.45) is 11.3 Å². The van der Waals surface area contributed by atoms with E-state index in [-0.39, 0.29) is 0 Å². The van der Waals surface area contributed by atoms with Gasteiger partial charge in [-0.2, -0.15) is 0 Å². The smallest absolute Gasteiger partial charge is 0.0436 e. The van der Waals surface area contributed by atoms with Crippen molar-refractivity contribution >= 4 is 0 Å². The van der Waals surface area contributed by atoms with Crippen LogP contribution in [0.1, 0.15) is 38.5 Å². The summed E-state index contributed by atoms with van der Waals surface area (Å²) in [5, 5.41) is 8.84. The van der Waals surface area contributed by atoms with Gasteiger partial charge in [0.2, 0.25) is 0 Å². The van der Waals surface area contributed by atoms with E-state index in [1.807, 2.05) is 0 Å². The van der Waals surface area contributed by atoms with Gasteiger partial charge in [0.1, 0.15) is 0 Å². The van der Waals surface area contributed by atoms with Crippen LogP contribution in [0, 0.1) is 11.3 Å². The van der Waals surface area contributed by atoms with Crippen molar-refractivity contribution in [1.29, 1.82) is 0 Å².